The first-order chi connectivity index (χ1) is 11.6. The van der Waals surface area contributed by atoms with Gasteiger partial charge in [-0.05, 0) is 17.7 Å². The molecule has 6 heteroatoms. The summed E-state index contributed by atoms with van der Waals surface area (Å²) in [7, 11) is 0. The molecule has 0 bridgehead atoms. The normalized spacial score (nSPS) is 21.5. The van der Waals surface area contributed by atoms with Gasteiger partial charge in [0.1, 0.15) is 12.6 Å². The van der Waals surface area contributed by atoms with Crippen LogP contribution in [0.3, 0.4) is 0 Å². The van der Waals surface area contributed by atoms with Crippen molar-refractivity contribution in [3.8, 4) is 5.75 Å². The van der Waals surface area contributed by atoms with E-state index >= 15 is 0 Å². The fourth-order valence-electron chi connectivity index (χ4n) is 3.11. The second-order valence-electron chi connectivity index (χ2n) is 5.59. The van der Waals surface area contributed by atoms with Gasteiger partial charge in [0, 0.05) is 5.56 Å². The number of aliphatic carboxylic acids is 1. The molecule has 1 atom stereocenters. The summed E-state index contributed by atoms with van der Waals surface area (Å²) in [5.74, 6) is -0.883. The van der Waals surface area contributed by atoms with Gasteiger partial charge in [0.2, 0.25) is 5.88 Å². The van der Waals surface area contributed by atoms with E-state index in [1.165, 1.54) is 4.90 Å². The van der Waals surface area contributed by atoms with Gasteiger partial charge in [0.25, 0.3) is 0 Å². The quantitative estimate of drug-likeness (QED) is 0.823. The highest BCUT2D eigenvalue weighted by molar-refractivity contribution is 6.14. The minimum atomic E-state index is -1.14. The zero-order chi connectivity index (χ0) is 16.8. The van der Waals surface area contributed by atoms with Crippen LogP contribution in [0.5, 0.6) is 5.75 Å². The molecular formula is C18H13NO5. The Balaban J connectivity index is 1.88. The molecule has 0 spiro atoms. The Morgan fingerprint density at radius 1 is 1.12 bits per heavy atom. The number of benzene rings is 2. The lowest BCUT2D eigenvalue weighted by molar-refractivity contribution is -0.135. The predicted molar refractivity (Wildman–Crippen MR) is 84.8 cm³/mol. The number of carboxylic acid groups (broad SMARTS) is 1. The predicted octanol–water partition coefficient (Wildman–Crippen LogP) is 2.11. The van der Waals surface area contributed by atoms with Gasteiger partial charge in [-0.2, -0.15) is 0 Å². The van der Waals surface area contributed by atoms with E-state index in [1.807, 2.05) is 0 Å². The molecule has 0 saturated heterocycles. The Bertz CT molecular complexity index is 902. The molecule has 0 saturated carbocycles. The molecule has 1 heterocycles. The van der Waals surface area contributed by atoms with E-state index in [1.54, 1.807) is 48.5 Å². The zero-order valence-corrected chi connectivity index (χ0v) is 12.5. The van der Waals surface area contributed by atoms with E-state index in [-0.39, 0.29) is 23.8 Å². The molecule has 2 aromatic rings. The van der Waals surface area contributed by atoms with Gasteiger partial charge >= 0.3 is 5.97 Å². The third kappa shape index (κ3) is 2.00. The number of carbonyl (C=O) groups is 2. The molecule has 1 unspecified atom stereocenters. The van der Waals surface area contributed by atoms with Gasteiger partial charge in [-0.25, -0.2) is 0 Å². The molecule has 24 heavy (non-hydrogen) atoms. The molecule has 6 nitrogen and oxygen atoms in total. The lowest BCUT2D eigenvalue weighted by Gasteiger charge is -2.18. The fraction of sp³-hybridized carbons (Fsp3) is 0.111. The average molecular weight is 323 g/mol. The summed E-state index contributed by atoms with van der Waals surface area (Å²) in [6.07, 6.45) is -1.14. The number of carboxylic acids is 1. The van der Waals surface area contributed by atoms with E-state index in [0.717, 1.165) is 0 Å². The van der Waals surface area contributed by atoms with Crippen molar-refractivity contribution in [1.29, 1.82) is 0 Å². The van der Waals surface area contributed by atoms with Crippen molar-refractivity contribution in [2.24, 2.45) is 0 Å². The maximum absolute atomic E-state index is 12.7. The van der Waals surface area contributed by atoms with Crippen molar-refractivity contribution in [3.63, 3.8) is 0 Å². The third-order valence-corrected chi connectivity index (χ3v) is 4.15. The maximum Gasteiger partial charge on any atom is 0.323 e. The van der Waals surface area contributed by atoms with Crippen LogP contribution in [0.25, 0.3) is 0 Å². The number of anilines is 1. The largest absolute Gasteiger partial charge is 0.480 e. The summed E-state index contributed by atoms with van der Waals surface area (Å²) in [5, 5.41) is 19.8. The molecule has 0 radical (unpaired) electrons. The van der Waals surface area contributed by atoms with E-state index in [9.17, 15) is 19.8 Å². The van der Waals surface area contributed by atoms with E-state index < -0.39 is 12.1 Å². The lowest BCUT2D eigenvalue weighted by Crippen LogP contribution is -2.29. The van der Waals surface area contributed by atoms with Gasteiger partial charge < -0.3 is 14.9 Å². The number of fused-ring (bicyclic) bond motifs is 2. The first kappa shape index (κ1) is 14.5. The van der Waals surface area contributed by atoms with Crippen LogP contribution in [0.15, 0.2) is 60.0 Å². The molecule has 0 aromatic heterocycles. The zero-order valence-electron chi connectivity index (χ0n) is 12.5. The first-order valence-corrected chi connectivity index (χ1v) is 7.40. The number of aliphatic hydroxyl groups is 1. The SMILES string of the molecule is O=C(O)CN1/C(=C2\C(=O)c3ccccc3C2O)Oc2ccccc21. The second kappa shape index (κ2) is 5.21. The Kier molecular flexibility index (Phi) is 3.14. The van der Waals surface area contributed by atoms with Crippen LogP contribution in [0, 0.1) is 0 Å². The Labute approximate surface area is 137 Å². The maximum atomic E-state index is 12.7. The highest BCUT2D eigenvalue weighted by Gasteiger charge is 2.41. The molecule has 2 aliphatic rings. The summed E-state index contributed by atoms with van der Waals surface area (Å²) < 4.78 is 5.74. The highest BCUT2D eigenvalue weighted by Crippen LogP contribution is 2.44. The lowest BCUT2D eigenvalue weighted by atomic mass is 10.1. The van der Waals surface area contributed by atoms with Crippen LogP contribution in [0.1, 0.15) is 22.0 Å². The van der Waals surface area contributed by atoms with Gasteiger partial charge in [-0.3, -0.25) is 14.5 Å². The van der Waals surface area contributed by atoms with Crippen molar-refractivity contribution < 1.29 is 24.5 Å². The number of para-hydroxylation sites is 2. The summed E-state index contributed by atoms with van der Waals surface area (Å²) in [6.45, 7) is -0.369. The number of hydrogen-bond acceptors (Lipinski definition) is 5. The number of aliphatic hydroxyl groups excluding tert-OH is 1. The van der Waals surface area contributed by atoms with E-state index in [4.69, 9.17) is 4.74 Å². The minimum Gasteiger partial charge on any atom is -0.480 e. The number of ketones is 1. The number of carbonyl (C=O) groups excluding carboxylic acids is 1. The summed E-state index contributed by atoms with van der Waals surface area (Å²) in [4.78, 5) is 25.3. The van der Waals surface area contributed by atoms with Crippen molar-refractivity contribution in [3.05, 3.63) is 71.1 Å². The Hall–Kier alpha value is -3.12. The van der Waals surface area contributed by atoms with E-state index in [0.29, 0.717) is 22.6 Å². The van der Waals surface area contributed by atoms with Crippen molar-refractivity contribution >= 4 is 17.4 Å². The standard InChI is InChI=1S/C18H13NO5/c20-14(21)9-19-12-7-3-4-8-13(12)24-18(19)15-16(22)10-5-1-2-6-11(10)17(15)23/h1-8,16,22H,9H2,(H,20,21)/b18-15+. The van der Waals surface area contributed by atoms with Crippen molar-refractivity contribution in [1.82, 2.24) is 0 Å². The van der Waals surface area contributed by atoms with Crippen LogP contribution in [0.2, 0.25) is 0 Å². The molecule has 1 aliphatic carbocycles. The highest BCUT2D eigenvalue weighted by atomic mass is 16.5. The smallest absolute Gasteiger partial charge is 0.323 e. The summed E-state index contributed by atoms with van der Waals surface area (Å²) in [5.41, 5.74) is 1.52. The van der Waals surface area contributed by atoms with Gasteiger partial charge in [0.15, 0.2) is 11.5 Å². The number of hydrogen-bond donors (Lipinski definition) is 2. The Morgan fingerprint density at radius 2 is 1.83 bits per heavy atom. The van der Waals surface area contributed by atoms with Crippen molar-refractivity contribution in [2.75, 3.05) is 11.4 Å². The molecule has 4 rings (SSSR count). The fourth-order valence-corrected chi connectivity index (χ4v) is 3.11. The second-order valence-corrected chi connectivity index (χ2v) is 5.59. The molecule has 0 fully saturated rings. The minimum absolute atomic E-state index is 0.0636. The molecule has 0 amide bonds. The molecular weight excluding hydrogens is 310 g/mol. The summed E-state index contributed by atoms with van der Waals surface area (Å²) >= 11 is 0. The summed E-state index contributed by atoms with van der Waals surface area (Å²) in [6, 6.07) is 13.7. The number of ether oxygens (including phenoxy) is 1. The average Bonchev–Trinajstić information content (AvgIpc) is 3.04. The van der Waals surface area contributed by atoms with Crippen LogP contribution >= 0.6 is 0 Å². The number of rotatable bonds is 2. The monoisotopic (exact) mass is 323 g/mol. The number of Topliss-reactive ketones (excluding diaryl/α,β-unsaturated/α-hetero) is 1. The first-order valence-electron chi connectivity index (χ1n) is 7.40. The van der Waals surface area contributed by atoms with E-state index in [2.05, 4.69) is 0 Å². The van der Waals surface area contributed by atoms with Crippen LogP contribution < -0.4 is 9.64 Å². The molecule has 120 valence electrons. The molecule has 2 aromatic carbocycles. The van der Waals surface area contributed by atoms with Crippen molar-refractivity contribution in [2.45, 2.75) is 6.10 Å². The topological polar surface area (TPSA) is 87.1 Å². The van der Waals surface area contributed by atoms with Crippen LogP contribution in [-0.2, 0) is 4.79 Å². The van der Waals surface area contributed by atoms with Gasteiger partial charge in [0.05, 0.1) is 11.3 Å². The third-order valence-electron chi connectivity index (χ3n) is 4.15. The Morgan fingerprint density at radius 3 is 2.58 bits per heavy atom. The van der Waals surface area contributed by atoms with Crippen LogP contribution in [-0.4, -0.2) is 28.5 Å². The van der Waals surface area contributed by atoms with Crippen LogP contribution in [0.4, 0.5) is 5.69 Å². The molecule has 1 aliphatic heterocycles. The van der Waals surface area contributed by atoms with Gasteiger partial charge in [-0.1, -0.05) is 36.4 Å². The number of nitrogens with zero attached hydrogens (tertiary/aromatic N) is 1. The van der Waals surface area contributed by atoms with Gasteiger partial charge in [-0.15, -0.1) is 0 Å². The molecule has 2 N–H and O–H groups in total.